The van der Waals surface area contributed by atoms with Crippen LogP contribution in [0.2, 0.25) is 0 Å². The molecule has 1 fully saturated rings. The summed E-state index contributed by atoms with van der Waals surface area (Å²) in [5, 5.41) is 5.44. The molecule has 1 saturated heterocycles. The molecule has 1 aromatic carbocycles. The minimum absolute atomic E-state index is 0.00742. The largest absolute Gasteiger partial charge is 0.480 e. The van der Waals surface area contributed by atoms with Gasteiger partial charge in [-0.3, -0.25) is 23.5 Å². The number of hydrogen-bond donors (Lipinski definition) is 2. The molecule has 0 spiro atoms. The van der Waals surface area contributed by atoms with Crippen LogP contribution in [0.15, 0.2) is 35.3 Å². The first kappa shape index (κ1) is 36.5. The minimum atomic E-state index is -0.787. The first-order valence-corrected chi connectivity index (χ1v) is 17.8. The molecule has 52 heavy (non-hydrogen) atoms. The van der Waals surface area contributed by atoms with E-state index in [-0.39, 0.29) is 48.4 Å². The van der Waals surface area contributed by atoms with Crippen LogP contribution in [-0.2, 0) is 34.3 Å². The number of aldehydes is 1. The molecule has 0 saturated carbocycles. The third kappa shape index (κ3) is 6.84. The van der Waals surface area contributed by atoms with Crippen LogP contribution in [0.4, 0.5) is 0 Å². The molecule has 1 unspecified atom stereocenters. The quantitative estimate of drug-likeness (QED) is 0.147. The number of fused-ring (bicyclic) bond motifs is 2. The molecule has 0 aliphatic carbocycles. The number of carbonyl (C=O) groups excluding carboxylic acids is 4. The Labute approximate surface area is 301 Å². The molecule has 0 radical (unpaired) electrons. The van der Waals surface area contributed by atoms with Crippen molar-refractivity contribution in [3.8, 4) is 17.3 Å². The second-order valence-electron chi connectivity index (χ2n) is 13.5. The highest BCUT2D eigenvalue weighted by Gasteiger charge is 2.32. The van der Waals surface area contributed by atoms with Crippen LogP contribution in [0.5, 0.6) is 5.88 Å². The Kier molecular flexibility index (Phi) is 10.9. The monoisotopic (exact) mass is 714 g/mol. The minimum Gasteiger partial charge on any atom is -0.480 e. The van der Waals surface area contributed by atoms with Gasteiger partial charge in [0.15, 0.2) is 5.69 Å². The number of nitrogens with one attached hydrogen (secondary N) is 2. The molecule has 15 heteroatoms. The van der Waals surface area contributed by atoms with Gasteiger partial charge in [0.05, 0.1) is 47.6 Å². The van der Waals surface area contributed by atoms with Crippen molar-refractivity contribution >= 4 is 35.0 Å². The van der Waals surface area contributed by atoms with Gasteiger partial charge in [-0.15, -0.1) is 0 Å². The predicted octanol–water partition coefficient (Wildman–Crippen LogP) is 2.95. The van der Waals surface area contributed by atoms with E-state index in [1.807, 2.05) is 41.5 Å². The predicted molar refractivity (Wildman–Crippen MR) is 192 cm³/mol. The van der Waals surface area contributed by atoms with E-state index in [2.05, 4.69) is 20.6 Å². The Bertz CT molecular complexity index is 2050. The fourth-order valence-electron chi connectivity index (χ4n) is 7.42. The van der Waals surface area contributed by atoms with Gasteiger partial charge in [-0.05, 0) is 63.6 Å². The SMILES string of the molecule is CNC(=O)C(CCC=O)n1c(=O)n(C)c2c(CCCOC3CCN(C(=O)c4cnc(OC)c(-c5nc6c(n5C(C)C)CNC6=O)c4)CC3)cccc21. The number of aromatic nitrogens is 5. The van der Waals surface area contributed by atoms with Gasteiger partial charge in [0.2, 0.25) is 11.8 Å². The molecule has 1 atom stereocenters. The van der Waals surface area contributed by atoms with E-state index in [9.17, 15) is 24.0 Å². The summed E-state index contributed by atoms with van der Waals surface area (Å²) in [6.07, 6.45) is 5.45. The maximum Gasteiger partial charge on any atom is 0.329 e. The number of likely N-dealkylation sites (N-methyl/N-ethyl adjacent to an activating group) is 1. The Morgan fingerprint density at radius 1 is 1.15 bits per heavy atom. The molecule has 2 aliphatic heterocycles. The Morgan fingerprint density at radius 2 is 1.92 bits per heavy atom. The number of hydrogen-bond acceptors (Lipinski definition) is 9. The normalized spacial score (nSPS) is 15.2. The summed E-state index contributed by atoms with van der Waals surface area (Å²) in [6.45, 7) is 6.00. The number of pyridine rings is 1. The van der Waals surface area contributed by atoms with E-state index < -0.39 is 6.04 Å². The molecule has 3 aromatic heterocycles. The molecule has 15 nitrogen and oxygen atoms in total. The van der Waals surface area contributed by atoms with Gasteiger partial charge in [-0.2, -0.15) is 0 Å². The van der Waals surface area contributed by atoms with Crippen LogP contribution < -0.4 is 21.1 Å². The molecule has 4 aromatic rings. The van der Waals surface area contributed by atoms with Gasteiger partial charge in [-0.25, -0.2) is 14.8 Å². The number of imidazole rings is 2. The van der Waals surface area contributed by atoms with E-state index in [4.69, 9.17) is 9.47 Å². The maximum atomic E-state index is 13.7. The lowest BCUT2D eigenvalue weighted by Crippen LogP contribution is -2.41. The molecule has 0 bridgehead atoms. The van der Waals surface area contributed by atoms with Crippen molar-refractivity contribution in [3.63, 3.8) is 0 Å². The molecule has 2 N–H and O–H groups in total. The Hall–Kier alpha value is -5.31. The fourth-order valence-corrected chi connectivity index (χ4v) is 7.42. The topological polar surface area (TPSA) is 172 Å². The lowest BCUT2D eigenvalue weighted by Gasteiger charge is -2.32. The van der Waals surface area contributed by atoms with Crippen molar-refractivity contribution in [3.05, 3.63) is 63.5 Å². The highest BCUT2D eigenvalue weighted by molar-refractivity contribution is 5.98. The molecule has 276 valence electrons. The van der Waals surface area contributed by atoms with Gasteiger partial charge >= 0.3 is 5.69 Å². The van der Waals surface area contributed by atoms with E-state index in [1.54, 1.807) is 17.7 Å². The number of carbonyl (C=O) groups is 4. The Morgan fingerprint density at radius 3 is 2.62 bits per heavy atom. The van der Waals surface area contributed by atoms with Gasteiger partial charge in [0.25, 0.3) is 11.8 Å². The lowest BCUT2D eigenvalue weighted by molar-refractivity contribution is -0.124. The number of likely N-dealkylation sites (tertiary alicyclic amines) is 1. The van der Waals surface area contributed by atoms with Crippen molar-refractivity contribution in [2.24, 2.45) is 7.05 Å². The Balaban J connectivity index is 1.07. The first-order valence-electron chi connectivity index (χ1n) is 17.8. The average Bonchev–Trinajstić information content (AvgIpc) is 3.80. The molecular weight excluding hydrogens is 668 g/mol. The van der Waals surface area contributed by atoms with E-state index in [0.717, 1.165) is 29.5 Å². The van der Waals surface area contributed by atoms with E-state index >= 15 is 0 Å². The highest BCUT2D eigenvalue weighted by atomic mass is 16.5. The van der Waals surface area contributed by atoms with Crippen LogP contribution in [0.25, 0.3) is 22.4 Å². The van der Waals surface area contributed by atoms with Crippen LogP contribution in [-0.4, -0.2) is 92.5 Å². The van der Waals surface area contributed by atoms with Gasteiger partial charge in [0.1, 0.15) is 18.2 Å². The van der Waals surface area contributed by atoms with E-state index in [0.29, 0.717) is 79.5 Å². The van der Waals surface area contributed by atoms with Crippen molar-refractivity contribution < 1.29 is 28.7 Å². The van der Waals surface area contributed by atoms with Crippen LogP contribution >= 0.6 is 0 Å². The average molecular weight is 715 g/mol. The summed E-state index contributed by atoms with van der Waals surface area (Å²) >= 11 is 0. The standard InChI is InChI=1S/C37H46N8O7/c1-22(2)44-29-21-39-34(48)30(29)41-32(44)26-19-24(20-40-35(26)51-5)36(49)43-15-13-25(14-16-43)52-18-8-10-23-9-6-11-27-31(23)42(4)37(50)45(27)28(12-7-17-46)33(47)38-3/h6,9,11,17,19-20,22,25,28H,7-8,10,12-16,18,21H2,1-5H3,(H,38,47)(H,39,48). The van der Waals surface area contributed by atoms with Crippen molar-refractivity contribution in [1.82, 2.24) is 39.2 Å². The summed E-state index contributed by atoms with van der Waals surface area (Å²) in [7, 11) is 4.74. The second kappa shape index (κ2) is 15.5. The number of para-hydroxylation sites is 1. The maximum absolute atomic E-state index is 13.7. The van der Waals surface area contributed by atoms with Crippen LogP contribution in [0.3, 0.4) is 0 Å². The zero-order valence-electron chi connectivity index (χ0n) is 30.3. The van der Waals surface area contributed by atoms with Gasteiger partial charge < -0.3 is 34.4 Å². The summed E-state index contributed by atoms with van der Waals surface area (Å²) in [5.74, 6) is 0.188. The third-order valence-corrected chi connectivity index (χ3v) is 9.97. The number of benzene rings is 1. The van der Waals surface area contributed by atoms with Gasteiger partial charge in [-0.1, -0.05) is 12.1 Å². The summed E-state index contributed by atoms with van der Waals surface area (Å²) in [5.41, 5.74) is 4.24. The second-order valence-corrected chi connectivity index (χ2v) is 13.5. The van der Waals surface area contributed by atoms with Crippen molar-refractivity contribution in [2.75, 3.05) is 33.9 Å². The van der Waals surface area contributed by atoms with E-state index in [1.165, 1.54) is 24.9 Å². The summed E-state index contributed by atoms with van der Waals surface area (Å²) in [4.78, 5) is 74.1. The fraction of sp³-hybridized carbons (Fsp3) is 0.486. The molecule has 5 heterocycles. The van der Waals surface area contributed by atoms with Crippen molar-refractivity contribution in [1.29, 1.82) is 0 Å². The third-order valence-electron chi connectivity index (χ3n) is 9.97. The summed E-state index contributed by atoms with van der Waals surface area (Å²) < 4.78 is 16.8. The number of amides is 3. The number of piperidine rings is 1. The number of nitrogens with zero attached hydrogens (tertiary/aromatic N) is 6. The molecular formula is C37H46N8O7. The number of ether oxygens (including phenoxy) is 2. The van der Waals surface area contributed by atoms with Crippen LogP contribution in [0.1, 0.15) is 90.1 Å². The highest BCUT2D eigenvalue weighted by Crippen LogP contribution is 2.34. The smallest absolute Gasteiger partial charge is 0.329 e. The van der Waals surface area contributed by atoms with Crippen LogP contribution in [0, 0.1) is 0 Å². The van der Waals surface area contributed by atoms with Gasteiger partial charge in [0, 0.05) is 52.5 Å². The number of aryl methyl sites for hydroxylation is 2. The molecule has 6 rings (SSSR count). The zero-order chi connectivity index (χ0) is 37.1. The van der Waals surface area contributed by atoms with Crippen molar-refractivity contribution in [2.45, 2.75) is 77.1 Å². The first-order chi connectivity index (χ1) is 25.1. The lowest BCUT2D eigenvalue weighted by atomic mass is 10.1. The zero-order valence-corrected chi connectivity index (χ0v) is 30.3. The number of methoxy groups -OCH3 is 1. The molecule has 3 amide bonds. The number of rotatable bonds is 14. The summed E-state index contributed by atoms with van der Waals surface area (Å²) in [6, 6.07) is 6.67. The molecule has 2 aliphatic rings.